The zero-order chi connectivity index (χ0) is 54.3. The molecule has 4 rings (SSSR count). The van der Waals surface area contributed by atoms with Crippen molar-refractivity contribution in [2.24, 2.45) is 11.8 Å². The molecule has 0 aliphatic heterocycles. The number of non-ortho nitro benzene ring substituents is 2. The van der Waals surface area contributed by atoms with Crippen LogP contribution in [0.25, 0.3) is 0 Å². The van der Waals surface area contributed by atoms with Gasteiger partial charge >= 0.3 is 18.3 Å². The summed E-state index contributed by atoms with van der Waals surface area (Å²) in [5.74, 6) is 0.620. The molecule has 0 spiro atoms. The number of rotatable bonds is 24. The van der Waals surface area contributed by atoms with Gasteiger partial charge in [-0.3, -0.25) is 30.0 Å². The van der Waals surface area contributed by atoms with Crippen LogP contribution in [0.5, 0.6) is 0 Å². The van der Waals surface area contributed by atoms with E-state index >= 15 is 0 Å². The van der Waals surface area contributed by atoms with E-state index < -0.39 is 63.7 Å². The number of nitrogens with zero attached hydrogens (tertiary/aromatic N) is 4. The van der Waals surface area contributed by atoms with Gasteiger partial charge in [-0.05, 0) is 95.4 Å². The predicted molar refractivity (Wildman–Crippen MR) is 281 cm³/mol. The second-order valence-electron chi connectivity index (χ2n) is 20.8. The number of ether oxygens (including phenoxy) is 4. The molecule has 0 bridgehead atoms. The molecule has 73 heavy (non-hydrogen) atoms. The molecule has 400 valence electrons. The highest BCUT2D eigenvalue weighted by Gasteiger charge is 2.32. The number of carbonyl (C=O) groups excluding carboxylic acids is 3. The van der Waals surface area contributed by atoms with Crippen molar-refractivity contribution in [1.82, 2.24) is 20.4 Å². The fraction of sp³-hybridized carbons (Fsp3) is 0.509. The van der Waals surface area contributed by atoms with Crippen molar-refractivity contribution < 1.29 is 48.3 Å². The highest BCUT2D eigenvalue weighted by atomic mass is 16.7. The largest absolute Gasteiger partial charge is 0.508 e. The van der Waals surface area contributed by atoms with E-state index in [1.165, 1.54) is 24.3 Å². The third kappa shape index (κ3) is 25.0. The summed E-state index contributed by atoms with van der Waals surface area (Å²) >= 11 is 0. The Balaban J connectivity index is 0.000000389. The number of aliphatic hydroxyl groups is 1. The van der Waals surface area contributed by atoms with E-state index in [0.29, 0.717) is 44.9 Å². The molecule has 4 aromatic carbocycles. The highest BCUT2D eigenvalue weighted by molar-refractivity contribution is 5.69. The van der Waals surface area contributed by atoms with Crippen molar-refractivity contribution in [3.63, 3.8) is 0 Å². The average molecular weight is 1020 g/mol. The van der Waals surface area contributed by atoms with E-state index in [1.807, 2.05) is 60.7 Å². The second kappa shape index (κ2) is 29.8. The molecule has 18 nitrogen and oxygen atoms in total. The molecule has 3 N–H and O–H groups in total. The third-order valence-corrected chi connectivity index (χ3v) is 10.7. The maximum atomic E-state index is 12.8. The Labute approximate surface area is 431 Å². The van der Waals surface area contributed by atoms with E-state index in [1.54, 1.807) is 72.7 Å². The minimum Gasteiger partial charge on any atom is -0.444 e. The lowest BCUT2D eigenvalue weighted by Crippen LogP contribution is -2.52. The molecular formula is C55H78N6O12. The van der Waals surface area contributed by atoms with Crippen molar-refractivity contribution in [2.45, 2.75) is 138 Å². The van der Waals surface area contributed by atoms with E-state index in [4.69, 9.17) is 18.9 Å². The van der Waals surface area contributed by atoms with Gasteiger partial charge in [0, 0.05) is 63.5 Å². The second-order valence-corrected chi connectivity index (χ2v) is 20.8. The first kappa shape index (κ1) is 60.7. The Morgan fingerprint density at radius 3 is 1.33 bits per heavy atom. The first-order chi connectivity index (χ1) is 34.3. The number of hydrogen-bond acceptors (Lipinski definition) is 14. The Hall–Kier alpha value is -6.63. The Bertz CT molecular complexity index is 2290. The number of carbonyl (C=O) groups is 3. The molecular weight excluding hydrogens is 937 g/mol. The normalized spacial score (nSPS) is 13.3. The van der Waals surface area contributed by atoms with Gasteiger partial charge in [0.05, 0.1) is 34.6 Å². The van der Waals surface area contributed by atoms with Crippen LogP contribution in [0.3, 0.4) is 0 Å². The van der Waals surface area contributed by atoms with Crippen LogP contribution in [0.2, 0.25) is 0 Å². The van der Waals surface area contributed by atoms with Gasteiger partial charge in [0.1, 0.15) is 17.3 Å². The fourth-order valence-electron chi connectivity index (χ4n) is 7.78. The van der Waals surface area contributed by atoms with Crippen LogP contribution in [0, 0.1) is 32.1 Å². The molecule has 0 aliphatic carbocycles. The SMILES string of the molecule is CC(C)CN(Cc1ccc([N+](=O)[O-])cc1)C[C@@H](O)[C@H](Cc1ccccc1)NC(=O)OC(C)(C)C.CCOC(=O)O[C@H](CN(Cc1ccc([N+](=O)[O-])cc1)CC(C)C)[C@H](Cc1ccccc1)NC(=O)OC(C)(C)C. The van der Waals surface area contributed by atoms with Gasteiger partial charge in [0.2, 0.25) is 0 Å². The molecule has 0 heterocycles. The van der Waals surface area contributed by atoms with Crippen LogP contribution < -0.4 is 10.6 Å². The van der Waals surface area contributed by atoms with Gasteiger partial charge < -0.3 is 34.7 Å². The van der Waals surface area contributed by atoms with Crippen molar-refractivity contribution in [3.05, 3.63) is 152 Å². The monoisotopic (exact) mass is 1010 g/mol. The standard InChI is InChI=1S/C29H41N3O7.C26H37N3O5/c1-7-37-28(34)38-26(20-31(18-21(2)3)19-23-13-15-24(16-14-23)32(35)36)25(17-22-11-9-8-10-12-22)30-27(33)39-29(4,5)6;1-19(2)16-28(17-21-11-13-22(14-12-21)29(32)33)18-24(30)23(15-20-9-7-6-8-10-20)27-25(31)34-26(3,4)5/h8-16,21,25-26H,7,17-20H2,1-6H3,(H,30,33);6-14,19,23-24,30H,15-18H2,1-5H3,(H,27,31)/t25-,26+;23-,24+/m00/s1. The molecule has 0 radical (unpaired) electrons. The molecule has 0 aliphatic rings. The van der Waals surface area contributed by atoms with Crippen molar-refractivity contribution in [1.29, 1.82) is 0 Å². The fourth-order valence-corrected chi connectivity index (χ4v) is 7.78. The number of nitro benzene ring substituents is 2. The van der Waals surface area contributed by atoms with Crippen molar-refractivity contribution >= 4 is 29.7 Å². The van der Waals surface area contributed by atoms with Crippen LogP contribution in [-0.4, -0.2) is 111 Å². The van der Waals surface area contributed by atoms with Gasteiger partial charge in [0.25, 0.3) is 11.4 Å². The summed E-state index contributed by atoms with van der Waals surface area (Å²) in [7, 11) is 0. The molecule has 2 amide bonds. The summed E-state index contributed by atoms with van der Waals surface area (Å²) < 4.78 is 21.8. The number of aliphatic hydroxyl groups excluding tert-OH is 1. The summed E-state index contributed by atoms with van der Waals surface area (Å²) in [4.78, 5) is 63.2. The van der Waals surface area contributed by atoms with E-state index in [9.17, 15) is 39.7 Å². The lowest BCUT2D eigenvalue weighted by molar-refractivity contribution is -0.385. The molecule has 4 aromatic rings. The average Bonchev–Trinajstić information content (AvgIpc) is 3.28. The Morgan fingerprint density at radius 1 is 0.575 bits per heavy atom. The van der Waals surface area contributed by atoms with Gasteiger partial charge in [0.15, 0.2) is 0 Å². The first-order valence-corrected chi connectivity index (χ1v) is 24.8. The van der Waals surface area contributed by atoms with E-state index in [-0.39, 0.29) is 30.4 Å². The van der Waals surface area contributed by atoms with Gasteiger partial charge in [-0.15, -0.1) is 0 Å². The van der Waals surface area contributed by atoms with Crippen molar-refractivity contribution in [3.8, 4) is 0 Å². The maximum Gasteiger partial charge on any atom is 0.508 e. The number of alkyl carbamates (subject to hydrolysis) is 2. The van der Waals surface area contributed by atoms with Crippen molar-refractivity contribution in [2.75, 3.05) is 32.8 Å². The zero-order valence-corrected chi connectivity index (χ0v) is 44.4. The topological polar surface area (TPSA) is 225 Å². The molecule has 4 atom stereocenters. The number of benzene rings is 4. The van der Waals surface area contributed by atoms with Crippen LogP contribution in [-0.2, 0) is 44.9 Å². The van der Waals surface area contributed by atoms with Crippen LogP contribution in [0.1, 0.15) is 98.4 Å². The predicted octanol–water partition coefficient (Wildman–Crippen LogP) is 10.3. The maximum absolute atomic E-state index is 12.8. The number of nitro groups is 2. The molecule has 0 saturated carbocycles. The zero-order valence-electron chi connectivity index (χ0n) is 44.4. The Morgan fingerprint density at radius 2 is 0.959 bits per heavy atom. The Kier molecular flexibility index (Phi) is 24.8. The summed E-state index contributed by atoms with van der Waals surface area (Å²) in [5, 5.41) is 39.0. The summed E-state index contributed by atoms with van der Waals surface area (Å²) in [5.41, 5.74) is 2.43. The molecule has 0 unspecified atom stereocenters. The molecule has 0 aromatic heterocycles. The summed E-state index contributed by atoms with van der Waals surface area (Å²) in [6.45, 7) is 23.9. The van der Waals surface area contributed by atoms with Crippen LogP contribution in [0.15, 0.2) is 109 Å². The number of hydrogen-bond donors (Lipinski definition) is 3. The van der Waals surface area contributed by atoms with Crippen LogP contribution in [0.4, 0.5) is 25.8 Å². The summed E-state index contributed by atoms with van der Waals surface area (Å²) in [6, 6.07) is 30.9. The number of nitrogens with one attached hydrogen (secondary N) is 2. The smallest absolute Gasteiger partial charge is 0.444 e. The van der Waals surface area contributed by atoms with E-state index in [0.717, 1.165) is 28.8 Å². The first-order valence-electron chi connectivity index (χ1n) is 24.8. The number of amides is 2. The third-order valence-electron chi connectivity index (χ3n) is 10.7. The van der Waals surface area contributed by atoms with E-state index in [2.05, 4.69) is 48.1 Å². The molecule has 0 saturated heterocycles. The van der Waals surface area contributed by atoms with Crippen LogP contribution >= 0.6 is 0 Å². The lowest BCUT2D eigenvalue weighted by atomic mass is 10.00. The lowest BCUT2D eigenvalue weighted by Gasteiger charge is -2.33. The molecule has 18 heteroatoms. The van der Waals surface area contributed by atoms with Gasteiger partial charge in [-0.2, -0.15) is 0 Å². The summed E-state index contributed by atoms with van der Waals surface area (Å²) in [6.07, 6.45) is -2.82. The minimum atomic E-state index is -0.857. The minimum absolute atomic E-state index is 0.0159. The highest BCUT2D eigenvalue weighted by Crippen LogP contribution is 2.20. The quantitative estimate of drug-likeness (QED) is 0.0257. The van der Waals surface area contributed by atoms with Gasteiger partial charge in [-0.25, -0.2) is 14.4 Å². The molecule has 0 fully saturated rings. The van der Waals surface area contributed by atoms with Gasteiger partial charge in [-0.1, -0.05) is 113 Å².